The van der Waals surface area contributed by atoms with Crippen molar-refractivity contribution < 1.29 is 23.9 Å². The molecule has 47 heavy (non-hydrogen) atoms. The van der Waals surface area contributed by atoms with Gasteiger partial charge in [-0.15, -0.1) is 0 Å². The molecule has 1 aliphatic heterocycles. The Labute approximate surface area is 277 Å². The number of unbranched alkanes of at least 4 members (excludes halogenated alkanes) is 5. The number of rotatable bonds is 13. The number of amidine groups is 1. The van der Waals surface area contributed by atoms with Gasteiger partial charge in [0.05, 0.1) is 30.8 Å². The lowest BCUT2D eigenvalue weighted by Crippen LogP contribution is -2.55. The standard InChI is InChI=1S/C35H49N7O5/c1-6-7-8-9-10-13-22-47-33(44)39-30(37)25-16-14-24(15-17-25)29(36)31-38-27-23-26(18-19-28(27)40(31)3)35(2,41(4)34(45)46-5)32(43)42-20-11-12-21-42/h14-19,23,29H,6-13,20-22,36H2,1-5H3,(H2,37,39,44). The first-order chi connectivity index (χ1) is 22.5. The zero-order valence-electron chi connectivity index (χ0n) is 28.3. The van der Waals surface area contributed by atoms with Crippen molar-refractivity contribution >= 4 is 35.0 Å². The molecule has 3 aromatic rings. The molecule has 1 saturated heterocycles. The van der Waals surface area contributed by atoms with Crippen molar-refractivity contribution in [2.24, 2.45) is 12.8 Å². The molecule has 2 atom stereocenters. The van der Waals surface area contributed by atoms with E-state index in [9.17, 15) is 14.4 Å². The summed E-state index contributed by atoms with van der Waals surface area (Å²) in [5, 5.41) is 10.8. The number of carbonyl (C=O) groups is 3. The first-order valence-electron chi connectivity index (χ1n) is 16.5. The molecule has 0 saturated carbocycles. The van der Waals surface area contributed by atoms with Gasteiger partial charge in [0.1, 0.15) is 17.2 Å². The van der Waals surface area contributed by atoms with Crippen LogP contribution in [0, 0.1) is 5.41 Å². The van der Waals surface area contributed by atoms with E-state index in [1.165, 1.54) is 31.3 Å². The van der Waals surface area contributed by atoms with E-state index in [2.05, 4.69) is 12.2 Å². The highest BCUT2D eigenvalue weighted by atomic mass is 16.5. The lowest BCUT2D eigenvalue weighted by Gasteiger charge is -2.39. The number of carbonyl (C=O) groups excluding carboxylic acids is 3. The molecule has 1 aromatic heterocycles. The normalized spacial score (nSPS) is 14.8. The third-order valence-electron chi connectivity index (χ3n) is 9.20. The molecule has 12 nitrogen and oxygen atoms in total. The van der Waals surface area contributed by atoms with Crippen LogP contribution in [0.3, 0.4) is 0 Å². The Bertz CT molecular complexity index is 1560. The number of imidazole rings is 1. The Kier molecular flexibility index (Phi) is 12.0. The highest BCUT2D eigenvalue weighted by molar-refractivity contribution is 6.04. The Hall–Kier alpha value is -4.45. The minimum absolute atomic E-state index is 0.0585. The Morgan fingerprint density at radius 2 is 1.72 bits per heavy atom. The number of hydrogen-bond acceptors (Lipinski definition) is 8. The summed E-state index contributed by atoms with van der Waals surface area (Å²) in [7, 11) is 4.75. The van der Waals surface area contributed by atoms with Crippen LogP contribution in [0.5, 0.6) is 0 Å². The largest absolute Gasteiger partial charge is 0.453 e. The minimum Gasteiger partial charge on any atom is -0.453 e. The molecular formula is C35H49N7O5. The van der Waals surface area contributed by atoms with Gasteiger partial charge in [-0.2, -0.15) is 0 Å². The summed E-state index contributed by atoms with van der Waals surface area (Å²) in [6.45, 7) is 5.53. The number of amides is 3. The topological polar surface area (TPSA) is 156 Å². The van der Waals surface area contributed by atoms with Crippen molar-refractivity contribution in [1.82, 2.24) is 24.7 Å². The number of likely N-dealkylation sites (N-methyl/N-ethyl adjacent to an activating group) is 1. The fourth-order valence-electron chi connectivity index (χ4n) is 6.07. The van der Waals surface area contributed by atoms with Crippen molar-refractivity contribution in [1.29, 1.82) is 5.41 Å². The molecule has 4 N–H and O–H groups in total. The molecule has 2 aromatic carbocycles. The summed E-state index contributed by atoms with van der Waals surface area (Å²) in [5.74, 6) is 0.378. The van der Waals surface area contributed by atoms with E-state index in [0.717, 1.165) is 43.2 Å². The number of nitrogens with one attached hydrogen (secondary N) is 2. The highest BCUT2D eigenvalue weighted by Gasteiger charge is 2.45. The molecule has 0 aliphatic carbocycles. The predicted molar refractivity (Wildman–Crippen MR) is 181 cm³/mol. The molecule has 2 unspecified atom stereocenters. The van der Waals surface area contributed by atoms with Crippen LogP contribution in [-0.2, 0) is 26.9 Å². The van der Waals surface area contributed by atoms with Crippen LogP contribution in [0.25, 0.3) is 11.0 Å². The van der Waals surface area contributed by atoms with Gasteiger partial charge >= 0.3 is 12.2 Å². The number of methoxy groups -OCH3 is 1. The molecular weight excluding hydrogens is 598 g/mol. The van der Waals surface area contributed by atoms with Gasteiger partial charge in [-0.05, 0) is 49.4 Å². The monoisotopic (exact) mass is 647 g/mol. The van der Waals surface area contributed by atoms with Gasteiger partial charge in [-0.1, -0.05) is 69.4 Å². The molecule has 2 heterocycles. The number of alkyl carbamates (subject to hydrolysis) is 1. The predicted octanol–water partition coefficient (Wildman–Crippen LogP) is 5.57. The molecule has 3 amide bonds. The minimum atomic E-state index is -1.31. The van der Waals surface area contributed by atoms with Crippen molar-refractivity contribution in [2.75, 3.05) is 33.9 Å². The first-order valence-corrected chi connectivity index (χ1v) is 16.5. The van der Waals surface area contributed by atoms with Gasteiger partial charge in [0.15, 0.2) is 0 Å². The number of ether oxygens (including phenoxy) is 2. The van der Waals surface area contributed by atoms with Gasteiger partial charge in [-0.3, -0.25) is 20.4 Å². The summed E-state index contributed by atoms with van der Waals surface area (Å²) in [6.07, 6.45) is 7.17. The summed E-state index contributed by atoms with van der Waals surface area (Å²) < 4.78 is 12.1. The van der Waals surface area contributed by atoms with Gasteiger partial charge in [0.25, 0.3) is 5.91 Å². The fraction of sp³-hybridized carbons (Fsp3) is 0.514. The molecule has 12 heteroatoms. The number of nitrogens with two attached hydrogens (primary N) is 1. The van der Waals surface area contributed by atoms with Crippen LogP contribution in [-0.4, -0.2) is 77.1 Å². The van der Waals surface area contributed by atoms with Crippen molar-refractivity contribution in [2.45, 2.75) is 76.8 Å². The molecule has 1 aliphatic rings. The second kappa shape index (κ2) is 15.9. The van der Waals surface area contributed by atoms with E-state index in [1.807, 2.05) is 29.8 Å². The smallest absolute Gasteiger partial charge is 0.412 e. The van der Waals surface area contributed by atoms with Crippen molar-refractivity contribution in [3.05, 3.63) is 65.0 Å². The summed E-state index contributed by atoms with van der Waals surface area (Å²) in [4.78, 5) is 46.7. The maximum absolute atomic E-state index is 13.9. The first kappa shape index (κ1) is 35.4. The van der Waals surface area contributed by atoms with Crippen LogP contribution in [0.4, 0.5) is 9.59 Å². The summed E-state index contributed by atoms with van der Waals surface area (Å²) in [6, 6.07) is 12.0. The average Bonchev–Trinajstić information content (AvgIpc) is 3.74. The van der Waals surface area contributed by atoms with Gasteiger partial charge in [-0.25, -0.2) is 14.6 Å². The number of aromatic nitrogens is 2. The summed E-state index contributed by atoms with van der Waals surface area (Å²) in [5.41, 5.74) is 8.75. The molecule has 0 radical (unpaired) electrons. The zero-order valence-corrected chi connectivity index (χ0v) is 28.3. The maximum atomic E-state index is 13.9. The molecule has 0 spiro atoms. The Morgan fingerprint density at radius 3 is 2.38 bits per heavy atom. The lowest BCUT2D eigenvalue weighted by atomic mass is 9.88. The van der Waals surface area contributed by atoms with Crippen LogP contribution < -0.4 is 11.1 Å². The number of aryl methyl sites for hydroxylation is 1. The van der Waals surface area contributed by atoms with E-state index in [1.54, 1.807) is 43.1 Å². The maximum Gasteiger partial charge on any atom is 0.412 e. The SMILES string of the molecule is CCCCCCCCOC(=O)NC(=N)c1ccc(C(N)c2nc3cc(C(C)(C(=O)N4CCCC4)N(C)C(=O)OC)ccc3n2C)cc1. The molecule has 4 rings (SSSR count). The number of likely N-dealkylation sites (tertiary alicyclic amines) is 1. The van der Waals surface area contributed by atoms with Crippen LogP contribution >= 0.6 is 0 Å². The third-order valence-corrected chi connectivity index (χ3v) is 9.20. The van der Waals surface area contributed by atoms with Gasteiger partial charge in [0.2, 0.25) is 0 Å². The fourth-order valence-corrected chi connectivity index (χ4v) is 6.07. The van der Waals surface area contributed by atoms with E-state index < -0.39 is 23.8 Å². The molecule has 1 fully saturated rings. The van der Waals surface area contributed by atoms with E-state index >= 15 is 0 Å². The quantitative estimate of drug-likeness (QED) is 0.124. The number of fused-ring (bicyclic) bond motifs is 1. The Balaban J connectivity index is 1.47. The zero-order chi connectivity index (χ0) is 34.1. The molecule has 0 bridgehead atoms. The van der Waals surface area contributed by atoms with Gasteiger partial charge in [0, 0.05) is 32.7 Å². The van der Waals surface area contributed by atoms with Gasteiger partial charge < -0.3 is 24.7 Å². The van der Waals surface area contributed by atoms with Crippen LogP contribution in [0.15, 0.2) is 42.5 Å². The number of hydrogen-bond donors (Lipinski definition) is 3. The summed E-state index contributed by atoms with van der Waals surface area (Å²) >= 11 is 0. The van der Waals surface area contributed by atoms with E-state index in [-0.39, 0.29) is 11.7 Å². The van der Waals surface area contributed by atoms with Crippen molar-refractivity contribution in [3.8, 4) is 0 Å². The van der Waals surface area contributed by atoms with Crippen LogP contribution in [0.2, 0.25) is 0 Å². The highest BCUT2D eigenvalue weighted by Crippen LogP contribution is 2.34. The Morgan fingerprint density at radius 1 is 1.06 bits per heavy atom. The second-order valence-corrected chi connectivity index (χ2v) is 12.3. The lowest BCUT2D eigenvalue weighted by molar-refractivity contribution is -0.141. The third kappa shape index (κ3) is 7.93. The van der Waals surface area contributed by atoms with E-state index in [0.29, 0.717) is 42.2 Å². The number of benzene rings is 2. The van der Waals surface area contributed by atoms with Crippen LogP contribution in [0.1, 0.15) is 93.8 Å². The number of nitrogens with zero attached hydrogens (tertiary/aromatic N) is 4. The second-order valence-electron chi connectivity index (χ2n) is 12.3. The van der Waals surface area contributed by atoms with Crippen molar-refractivity contribution in [3.63, 3.8) is 0 Å². The molecule has 254 valence electrons. The average molecular weight is 648 g/mol. The van der Waals surface area contributed by atoms with E-state index in [4.69, 9.17) is 25.6 Å².